The van der Waals surface area contributed by atoms with E-state index in [2.05, 4.69) is 10.3 Å². The maximum absolute atomic E-state index is 12.6. The van der Waals surface area contributed by atoms with Gasteiger partial charge in [0.25, 0.3) is 5.91 Å². The summed E-state index contributed by atoms with van der Waals surface area (Å²) in [4.78, 5) is 28.1. The Hall–Kier alpha value is -3.32. The van der Waals surface area contributed by atoms with Crippen molar-refractivity contribution in [2.75, 3.05) is 20.3 Å². The number of para-hydroxylation sites is 1. The molecule has 1 amide bonds. The van der Waals surface area contributed by atoms with E-state index in [9.17, 15) is 9.59 Å². The fraction of sp³-hybridized carbons (Fsp3) is 0.304. The molecule has 7 heteroatoms. The molecule has 0 spiro atoms. The Bertz CT molecular complexity index is 1100. The summed E-state index contributed by atoms with van der Waals surface area (Å²) in [5.41, 5.74) is 1.32. The Morgan fingerprint density at radius 1 is 1.23 bits per heavy atom. The molecule has 3 aromatic rings. The molecule has 1 aromatic heterocycles. The lowest BCUT2D eigenvalue weighted by molar-refractivity contribution is 0.0669. The molecule has 0 aliphatic carbocycles. The Balaban J connectivity index is 1.42. The van der Waals surface area contributed by atoms with Crippen molar-refractivity contribution >= 4 is 16.8 Å². The number of carbonyl (C=O) groups is 1. The molecule has 1 unspecified atom stereocenters. The number of benzene rings is 2. The van der Waals surface area contributed by atoms with Gasteiger partial charge in [-0.3, -0.25) is 9.59 Å². The van der Waals surface area contributed by atoms with Crippen molar-refractivity contribution in [2.45, 2.75) is 25.5 Å². The predicted molar refractivity (Wildman–Crippen MR) is 113 cm³/mol. The number of hydrogen-bond donors (Lipinski definition) is 2. The standard InChI is InChI=1S/C23H24N2O5/c1-28-21-11-15(8-9-20(21)30-14-16-5-4-10-29-16)12-25-23(27)18-13-24-19-7-3-2-6-17(19)22(18)26/h2-3,6-9,11,13,16H,4-5,10,12,14H2,1H3,(H,24,26)(H,25,27). The average molecular weight is 408 g/mol. The largest absolute Gasteiger partial charge is 0.493 e. The Labute approximate surface area is 174 Å². The van der Waals surface area contributed by atoms with E-state index in [-0.39, 0.29) is 23.6 Å². The highest BCUT2D eigenvalue weighted by Gasteiger charge is 2.17. The summed E-state index contributed by atoms with van der Waals surface area (Å²) >= 11 is 0. The molecule has 2 N–H and O–H groups in total. The smallest absolute Gasteiger partial charge is 0.257 e. The monoisotopic (exact) mass is 408 g/mol. The van der Waals surface area contributed by atoms with Crippen LogP contribution in [-0.4, -0.2) is 37.3 Å². The number of aromatic amines is 1. The number of nitrogens with one attached hydrogen (secondary N) is 2. The maximum atomic E-state index is 12.6. The molecule has 2 aromatic carbocycles. The average Bonchev–Trinajstić information content (AvgIpc) is 3.30. The minimum atomic E-state index is -0.431. The van der Waals surface area contributed by atoms with E-state index in [1.807, 2.05) is 24.3 Å². The zero-order valence-electron chi connectivity index (χ0n) is 16.8. The molecule has 2 heterocycles. The van der Waals surface area contributed by atoms with Gasteiger partial charge in [0.15, 0.2) is 11.5 Å². The summed E-state index contributed by atoms with van der Waals surface area (Å²) in [6, 6.07) is 12.6. The van der Waals surface area contributed by atoms with Gasteiger partial charge < -0.3 is 24.5 Å². The third kappa shape index (κ3) is 4.31. The highest BCUT2D eigenvalue weighted by molar-refractivity contribution is 5.97. The predicted octanol–water partition coefficient (Wildman–Crippen LogP) is 3.02. The number of carbonyl (C=O) groups excluding carboxylic acids is 1. The van der Waals surface area contributed by atoms with Crippen LogP contribution in [0.25, 0.3) is 10.9 Å². The van der Waals surface area contributed by atoms with Gasteiger partial charge in [-0.2, -0.15) is 0 Å². The SMILES string of the molecule is COc1cc(CNC(=O)c2c[nH]c3ccccc3c2=O)ccc1OCC1CCCO1. The summed E-state index contributed by atoms with van der Waals surface area (Å²) in [6.07, 6.45) is 3.63. The zero-order chi connectivity index (χ0) is 20.9. The second-order valence-electron chi connectivity index (χ2n) is 7.19. The second kappa shape index (κ2) is 9.00. The summed E-state index contributed by atoms with van der Waals surface area (Å²) < 4.78 is 16.8. The number of ether oxygens (including phenoxy) is 3. The number of fused-ring (bicyclic) bond motifs is 1. The molecule has 1 aliphatic heterocycles. The third-order valence-electron chi connectivity index (χ3n) is 5.16. The molecule has 30 heavy (non-hydrogen) atoms. The van der Waals surface area contributed by atoms with Crippen molar-refractivity contribution < 1.29 is 19.0 Å². The van der Waals surface area contributed by atoms with Crippen LogP contribution < -0.4 is 20.2 Å². The number of methoxy groups -OCH3 is 1. The number of H-pyrrole nitrogens is 1. The minimum Gasteiger partial charge on any atom is -0.493 e. The van der Waals surface area contributed by atoms with Gasteiger partial charge in [0.05, 0.1) is 13.2 Å². The maximum Gasteiger partial charge on any atom is 0.257 e. The molecular weight excluding hydrogens is 384 g/mol. The van der Waals surface area contributed by atoms with Crippen LogP contribution in [0.15, 0.2) is 53.5 Å². The van der Waals surface area contributed by atoms with Crippen LogP contribution in [-0.2, 0) is 11.3 Å². The van der Waals surface area contributed by atoms with Crippen molar-refractivity contribution in [1.82, 2.24) is 10.3 Å². The quantitative estimate of drug-likeness (QED) is 0.627. The Morgan fingerprint density at radius 2 is 2.10 bits per heavy atom. The molecule has 7 nitrogen and oxygen atoms in total. The van der Waals surface area contributed by atoms with Crippen LogP contribution >= 0.6 is 0 Å². The van der Waals surface area contributed by atoms with Crippen molar-refractivity contribution in [1.29, 1.82) is 0 Å². The molecule has 4 rings (SSSR count). The first kappa shape index (κ1) is 20.0. The van der Waals surface area contributed by atoms with Crippen LogP contribution in [0.4, 0.5) is 0 Å². The van der Waals surface area contributed by atoms with Crippen LogP contribution in [0, 0.1) is 0 Å². The molecule has 0 bridgehead atoms. The van der Waals surface area contributed by atoms with Crippen LogP contribution in [0.3, 0.4) is 0 Å². The lowest BCUT2D eigenvalue weighted by Crippen LogP contribution is -2.28. The van der Waals surface area contributed by atoms with Crippen molar-refractivity contribution in [3.05, 3.63) is 70.0 Å². The number of aromatic nitrogens is 1. The van der Waals surface area contributed by atoms with E-state index in [1.165, 1.54) is 6.20 Å². The normalized spacial score (nSPS) is 15.8. The van der Waals surface area contributed by atoms with Gasteiger partial charge in [0.1, 0.15) is 12.2 Å². The topological polar surface area (TPSA) is 89.7 Å². The first-order valence-corrected chi connectivity index (χ1v) is 9.95. The van der Waals surface area contributed by atoms with E-state index in [0.717, 1.165) is 25.0 Å². The van der Waals surface area contributed by atoms with Crippen LogP contribution in [0.1, 0.15) is 28.8 Å². The van der Waals surface area contributed by atoms with E-state index in [1.54, 1.807) is 25.3 Å². The lowest BCUT2D eigenvalue weighted by Gasteiger charge is -2.15. The molecule has 1 aliphatic rings. The van der Waals surface area contributed by atoms with Gasteiger partial charge in [-0.25, -0.2) is 0 Å². The summed E-state index contributed by atoms with van der Waals surface area (Å²) in [5.74, 6) is 0.789. The van der Waals surface area contributed by atoms with E-state index >= 15 is 0 Å². The van der Waals surface area contributed by atoms with Gasteiger partial charge in [-0.1, -0.05) is 18.2 Å². The second-order valence-corrected chi connectivity index (χ2v) is 7.19. The van der Waals surface area contributed by atoms with Crippen molar-refractivity contribution in [3.8, 4) is 11.5 Å². The van der Waals surface area contributed by atoms with Gasteiger partial charge in [-0.05, 0) is 42.7 Å². The Kier molecular flexibility index (Phi) is 5.99. The van der Waals surface area contributed by atoms with Crippen LogP contribution in [0.2, 0.25) is 0 Å². The fourth-order valence-corrected chi connectivity index (χ4v) is 3.51. The van der Waals surface area contributed by atoms with E-state index in [0.29, 0.717) is 29.0 Å². The van der Waals surface area contributed by atoms with Crippen molar-refractivity contribution in [3.63, 3.8) is 0 Å². The summed E-state index contributed by atoms with van der Waals surface area (Å²) in [7, 11) is 1.57. The summed E-state index contributed by atoms with van der Waals surface area (Å²) in [5, 5.41) is 3.28. The minimum absolute atomic E-state index is 0.0807. The van der Waals surface area contributed by atoms with Gasteiger partial charge in [-0.15, -0.1) is 0 Å². The number of pyridine rings is 1. The molecule has 0 radical (unpaired) electrons. The van der Waals surface area contributed by atoms with Gasteiger partial charge in [0.2, 0.25) is 5.43 Å². The van der Waals surface area contributed by atoms with Crippen LogP contribution in [0.5, 0.6) is 11.5 Å². The first-order valence-electron chi connectivity index (χ1n) is 9.95. The third-order valence-corrected chi connectivity index (χ3v) is 5.16. The van der Waals surface area contributed by atoms with E-state index in [4.69, 9.17) is 14.2 Å². The van der Waals surface area contributed by atoms with E-state index < -0.39 is 5.91 Å². The molecule has 0 saturated carbocycles. The number of rotatable bonds is 7. The fourth-order valence-electron chi connectivity index (χ4n) is 3.51. The molecule has 1 atom stereocenters. The highest BCUT2D eigenvalue weighted by atomic mass is 16.5. The Morgan fingerprint density at radius 3 is 2.90 bits per heavy atom. The number of amides is 1. The summed E-state index contributed by atoms with van der Waals surface area (Å²) in [6.45, 7) is 1.52. The number of hydrogen-bond acceptors (Lipinski definition) is 5. The van der Waals surface area contributed by atoms with Gasteiger partial charge in [0, 0.05) is 30.3 Å². The molecule has 1 saturated heterocycles. The molecular formula is C23H24N2O5. The molecule has 156 valence electrons. The lowest BCUT2D eigenvalue weighted by atomic mass is 10.1. The van der Waals surface area contributed by atoms with Gasteiger partial charge >= 0.3 is 0 Å². The van der Waals surface area contributed by atoms with Crippen molar-refractivity contribution in [2.24, 2.45) is 0 Å². The first-order chi connectivity index (χ1) is 14.7. The highest BCUT2D eigenvalue weighted by Crippen LogP contribution is 2.29. The zero-order valence-corrected chi connectivity index (χ0v) is 16.8. The molecule has 1 fully saturated rings.